The van der Waals surface area contributed by atoms with Gasteiger partial charge in [0, 0.05) is 12.1 Å². The van der Waals surface area contributed by atoms with E-state index in [-0.39, 0.29) is 17.0 Å². The van der Waals surface area contributed by atoms with Gasteiger partial charge in [-0.15, -0.1) is 11.3 Å². The molecule has 0 N–H and O–H groups in total. The van der Waals surface area contributed by atoms with Crippen molar-refractivity contribution >= 4 is 28.9 Å². The lowest BCUT2D eigenvalue weighted by molar-refractivity contribution is -0.384. The van der Waals surface area contributed by atoms with Crippen LogP contribution in [-0.4, -0.2) is 10.7 Å². The number of hydrogen-bond acceptors (Lipinski definition) is 5. The second-order valence-corrected chi connectivity index (χ2v) is 5.20. The molecule has 0 aliphatic rings. The fourth-order valence-corrected chi connectivity index (χ4v) is 2.61. The first-order valence-electron chi connectivity index (χ1n) is 5.98. The summed E-state index contributed by atoms with van der Waals surface area (Å²) in [4.78, 5) is 22.9. The molecule has 5 nitrogen and oxygen atoms in total. The average Bonchev–Trinajstić information content (AvgIpc) is 2.90. The molecule has 0 unspecified atom stereocenters. The molecule has 0 saturated heterocycles. The molecule has 0 atom stereocenters. The number of ketones is 1. The van der Waals surface area contributed by atoms with Crippen LogP contribution in [-0.2, 0) is 0 Å². The molecule has 1 heterocycles. The maximum atomic E-state index is 12.2. The smallest absolute Gasteiger partial charge is 0.269 e. The lowest BCUT2D eigenvalue weighted by Gasteiger charge is -1.99. The van der Waals surface area contributed by atoms with Crippen molar-refractivity contribution in [1.29, 1.82) is 5.26 Å². The first kappa shape index (κ1) is 14.6. The zero-order valence-corrected chi connectivity index (χ0v) is 11.9. The maximum Gasteiger partial charge on any atom is 0.269 e. The van der Waals surface area contributed by atoms with Crippen molar-refractivity contribution in [2.45, 2.75) is 6.92 Å². The number of Topliss-reactive ketones (excluding diaryl/α,β-unsaturated/α-hetero) is 1. The Morgan fingerprint density at radius 1 is 1.33 bits per heavy atom. The molecule has 0 bridgehead atoms. The van der Waals surface area contributed by atoms with Gasteiger partial charge in [0.05, 0.1) is 9.80 Å². The number of non-ortho nitro benzene ring substituents is 1. The molecule has 1 aromatic heterocycles. The summed E-state index contributed by atoms with van der Waals surface area (Å²) in [5.41, 5.74) is 1.37. The monoisotopic (exact) mass is 298 g/mol. The number of rotatable bonds is 4. The van der Waals surface area contributed by atoms with Gasteiger partial charge in [-0.2, -0.15) is 5.26 Å². The molecule has 104 valence electrons. The highest BCUT2D eigenvalue weighted by Gasteiger charge is 2.16. The van der Waals surface area contributed by atoms with E-state index in [9.17, 15) is 14.9 Å². The third-order valence-corrected chi connectivity index (χ3v) is 3.86. The summed E-state index contributed by atoms with van der Waals surface area (Å²) >= 11 is 1.29. The van der Waals surface area contributed by atoms with Crippen LogP contribution in [0.2, 0.25) is 0 Å². The van der Waals surface area contributed by atoms with Crippen LogP contribution < -0.4 is 0 Å². The van der Waals surface area contributed by atoms with Crippen LogP contribution in [0.5, 0.6) is 0 Å². The predicted octanol–water partition coefficient (Wildman–Crippen LogP) is 3.75. The summed E-state index contributed by atoms with van der Waals surface area (Å²) in [6.07, 6.45) is 1.44. The minimum Gasteiger partial charge on any atom is -0.287 e. The van der Waals surface area contributed by atoms with Crippen molar-refractivity contribution < 1.29 is 9.72 Å². The minimum absolute atomic E-state index is 0.00871. The Morgan fingerprint density at radius 2 is 2.00 bits per heavy atom. The SMILES string of the molecule is Cc1ccsc1C(=O)C(C#N)=Cc1ccc([N+](=O)[O-])cc1. The van der Waals surface area contributed by atoms with Crippen molar-refractivity contribution in [2.24, 2.45) is 0 Å². The summed E-state index contributed by atoms with van der Waals surface area (Å²) in [7, 11) is 0. The van der Waals surface area contributed by atoms with Crippen molar-refractivity contribution in [2.75, 3.05) is 0 Å². The highest BCUT2D eigenvalue weighted by molar-refractivity contribution is 7.12. The van der Waals surface area contributed by atoms with Crippen LogP contribution >= 0.6 is 11.3 Å². The van der Waals surface area contributed by atoms with E-state index in [1.54, 1.807) is 5.38 Å². The summed E-state index contributed by atoms with van der Waals surface area (Å²) in [5, 5.41) is 21.5. The van der Waals surface area contributed by atoms with Crippen LogP contribution in [0.25, 0.3) is 6.08 Å². The van der Waals surface area contributed by atoms with E-state index in [4.69, 9.17) is 5.26 Å². The van der Waals surface area contributed by atoms with Gasteiger partial charge in [0.2, 0.25) is 5.78 Å². The highest BCUT2D eigenvalue weighted by atomic mass is 32.1. The minimum atomic E-state index is -0.501. The summed E-state index contributed by atoms with van der Waals surface area (Å²) < 4.78 is 0. The molecule has 0 radical (unpaired) electrons. The zero-order chi connectivity index (χ0) is 15.4. The Kier molecular flexibility index (Phi) is 4.26. The van der Waals surface area contributed by atoms with Gasteiger partial charge in [-0.25, -0.2) is 0 Å². The van der Waals surface area contributed by atoms with E-state index in [1.807, 2.05) is 19.1 Å². The number of nitro benzene ring substituents is 1. The molecule has 0 saturated carbocycles. The summed E-state index contributed by atoms with van der Waals surface area (Å²) in [6.45, 7) is 1.81. The molecule has 0 fully saturated rings. The fraction of sp³-hybridized carbons (Fsp3) is 0.0667. The van der Waals surface area contributed by atoms with E-state index in [1.165, 1.54) is 41.7 Å². The number of carbonyl (C=O) groups excluding carboxylic acids is 1. The first-order valence-corrected chi connectivity index (χ1v) is 6.86. The molecule has 0 aliphatic heterocycles. The normalized spacial score (nSPS) is 11.0. The molecule has 2 rings (SSSR count). The van der Waals surface area contributed by atoms with Gasteiger partial charge in [0.1, 0.15) is 11.6 Å². The van der Waals surface area contributed by atoms with Crippen molar-refractivity contribution in [3.8, 4) is 6.07 Å². The Hall–Kier alpha value is -2.78. The number of hydrogen-bond donors (Lipinski definition) is 0. The van der Waals surface area contributed by atoms with E-state index in [0.29, 0.717) is 10.4 Å². The van der Waals surface area contributed by atoms with E-state index in [0.717, 1.165) is 5.56 Å². The van der Waals surface area contributed by atoms with Crippen LogP contribution in [0.1, 0.15) is 20.8 Å². The topological polar surface area (TPSA) is 84.0 Å². The number of nitriles is 1. The number of nitro groups is 1. The van der Waals surface area contributed by atoms with Gasteiger partial charge < -0.3 is 0 Å². The molecule has 0 amide bonds. The number of carbonyl (C=O) groups is 1. The maximum absolute atomic E-state index is 12.2. The molecule has 6 heteroatoms. The lowest BCUT2D eigenvalue weighted by atomic mass is 10.1. The molecule has 21 heavy (non-hydrogen) atoms. The Morgan fingerprint density at radius 3 is 2.48 bits per heavy atom. The van der Waals surface area contributed by atoms with Gasteiger partial charge in [-0.3, -0.25) is 14.9 Å². The number of thiophene rings is 1. The van der Waals surface area contributed by atoms with Gasteiger partial charge in [-0.1, -0.05) is 0 Å². The van der Waals surface area contributed by atoms with E-state index < -0.39 is 4.92 Å². The molecule has 2 aromatic rings. The van der Waals surface area contributed by atoms with Crippen LogP contribution in [0.4, 0.5) is 5.69 Å². The van der Waals surface area contributed by atoms with Crippen molar-refractivity contribution in [3.63, 3.8) is 0 Å². The predicted molar refractivity (Wildman–Crippen MR) is 80.1 cm³/mol. The number of aryl methyl sites for hydroxylation is 1. The first-order chi connectivity index (χ1) is 10.0. The average molecular weight is 298 g/mol. The third-order valence-electron chi connectivity index (χ3n) is 2.85. The Bertz CT molecular complexity index is 767. The number of allylic oxidation sites excluding steroid dienone is 1. The third kappa shape index (κ3) is 3.22. The Labute approximate surface area is 124 Å². The molecular formula is C15H10N2O3S. The van der Waals surface area contributed by atoms with E-state index in [2.05, 4.69) is 0 Å². The molecule has 1 aromatic carbocycles. The largest absolute Gasteiger partial charge is 0.287 e. The van der Waals surface area contributed by atoms with Crippen LogP contribution in [0.3, 0.4) is 0 Å². The highest BCUT2D eigenvalue weighted by Crippen LogP contribution is 2.21. The van der Waals surface area contributed by atoms with Crippen LogP contribution in [0.15, 0.2) is 41.3 Å². The zero-order valence-electron chi connectivity index (χ0n) is 11.1. The van der Waals surface area contributed by atoms with Gasteiger partial charge in [0.15, 0.2) is 0 Å². The second-order valence-electron chi connectivity index (χ2n) is 4.28. The van der Waals surface area contributed by atoms with Crippen molar-refractivity contribution in [1.82, 2.24) is 0 Å². The Balaban J connectivity index is 2.33. The lowest BCUT2D eigenvalue weighted by Crippen LogP contribution is -2.01. The van der Waals surface area contributed by atoms with E-state index >= 15 is 0 Å². The van der Waals surface area contributed by atoms with Gasteiger partial charge in [0.25, 0.3) is 5.69 Å². The second kappa shape index (κ2) is 6.11. The van der Waals surface area contributed by atoms with Gasteiger partial charge in [-0.05, 0) is 47.7 Å². The fourth-order valence-electron chi connectivity index (χ4n) is 1.74. The number of nitrogens with zero attached hydrogens (tertiary/aromatic N) is 2. The van der Waals surface area contributed by atoms with Crippen LogP contribution in [0, 0.1) is 28.4 Å². The number of benzene rings is 1. The summed E-state index contributed by atoms with van der Waals surface area (Å²) in [6, 6.07) is 9.38. The van der Waals surface area contributed by atoms with Crippen molar-refractivity contribution in [3.05, 3.63) is 67.4 Å². The van der Waals surface area contributed by atoms with Gasteiger partial charge >= 0.3 is 0 Å². The standard InChI is InChI=1S/C15H10N2O3S/c1-10-6-7-21-15(10)14(18)12(9-16)8-11-2-4-13(5-3-11)17(19)20/h2-8H,1H3. The molecule has 0 spiro atoms. The summed E-state index contributed by atoms with van der Waals surface area (Å²) in [5.74, 6) is -0.330. The molecular weight excluding hydrogens is 288 g/mol. The quantitative estimate of drug-likeness (QED) is 0.283. The molecule has 0 aliphatic carbocycles.